The quantitative estimate of drug-likeness (QED) is 0.497. The Morgan fingerprint density at radius 1 is 1.11 bits per heavy atom. The Kier molecular flexibility index (Phi) is 5.05. The van der Waals surface area contributed by atoms with E-state index >= 15 is 0 Å². The van der Waals surface area contributed by atoms with E-state index < -0.39 is 18.4 Å². The highest BCUT2D eigenvalue weighted by Gasteiger charge is 2.31. The number of hydrogen-bond donors (Lipinski definition) is 1. The molecular formula is C21H19N3O4. The van der Waals surface area contributed by atoms with Gasteiger partial charge in [0.2, 0.25) is 5.78 Å². The highest BCUT2D eigenvalue weighted by molar-refractivity contribution is 6.04. The molecule has 0 saturated heterocycles. The topological polar surface area (TPSA) is 93.9 Å². The largest absolute Gasteiger partial charge is 0.508 e. The van der Waals surface area contributed by atoms with Crippen LogP contribution in [-0.4, -0.2) is 37.6 Å². The summed E-state index contributed by atoms with van der Waals surface area (Å²) in [5, 5.41) is 19.3. The van der Waals surface area contributed by atoms with Gasteiger partial charge >= 0.3 is 5.97 Å². The lowest BCUT2D eigenvalue weighted by Gasteiger charge is -2.19. The van der Waals surface area contributed by atoms with E-state index in [1.165, 1.54) is 12.1 Å². The van der Waals surface area contributed by atoms with Gasteiger partial charge in [-0.25, -0.2) is 4.79 Å². The number of aryl methyl sites for hydroxylation is 1. The first kappa shape index (κ1) is 19.0. The fraction of sp³-hybridized carbons (Fsp3) is 0.190. The van der Waals surface area contributed by atoms with Crippen molar-refractivity contribution in [1.29, 1.82) is 5.26 Å². The molecule has 0 fully saturated rings. The Bertz CT molecular complexity index is 1010. The van der Waals surface area contributed by atoms with Gasteiger partial charge in [-0.05, 0) is 36.8 Å². The van der Waals surface area contributed by atoms with Crippen LogP contribution in [0.2, 0.25) is 0 Å². The molecule has 7 heteroatoms. The Morgan fingerprint density at radius 2 is 1.71 bits per heavy atom. The van der Waals surface area contributed by atoms with Gasteiger partial charge in [0.15, 0.2) is 6.61 Å². The first-order chi connectivity index (χ1) is 13.3. The molecule has 7 nitrogen and oxygen atoms in total. The van der Waals surface area contributed by atoms with Crippen LogP contribution >= 0.6 is 0 Å². The van der Waals surface area contributed by atoms with Gasteiger partial charge in [0.1, 0.15) is 23.2 Å². The number of carbonyl (C=O) groups excluding carboxylic acids is 2. The molecule has 2 aromatic carbocycles. The van der Waals surface area contributed by atoms with Crippen molar-refractivity contribution < 1.29 is 19.4 Å². The van der Waals surface area contributed by atoms with Gasteiger partial charge in [-0.3, -0.25) is 4.79 Å². The summed E-state index contributed by atoms with van der Waals surface area (Å²) < 4.78 is 5.05. The molecule has 0 atom stereocenters. The van der Waals surface area contributed by atoms with Crippen LogP contribution in [0.25, 0.3) is 0 Å². The SMILES string of the molecule is Cc1ccc(C(=O)OCC(=O)C(C#N)=C2N(C)c3ccccc3N2C)cc1O. The maximum Gasteiger partial charge on any atom is 0.338 e. The van der Waals surface area contributed by atoms with Crippen molar-refractivity contribution in [1.82, 2.24) is 0 Å². The minimum Gasteiger partial charge on any atom is -0.508 e. The lowest BCUT2D eigenvalue weighted by molar-refractivity contribution is -0.118. The summed E-state index contributed by atoms with van der Waals surface area (Å²) >= 11 is 0. The third kappa shape index (κ3) is 3.28. The molecule has 0 aromatic heterocycles. The lowest BCUT2D eigenvalue weighted by Crippen LogP contribution is -2.27. The molecule has 142 valence electrons. The van der Waals surface area contributed by atoms with Crippen LogP contribution in [0.4, 0.5) is 11.4 Å². The smallest absolute Gasteiger partial charge is 0.338 e. The predicted molar refractivity (Wildman–Crippen MR) is 104 cm³/mol. The number of carbonyl (C=O) groups is 2. The Labute approximate surface area is 162 Å². The predicted octanol–water partition coefficient (Wildman–Crippen LogP) is 2.75. The van der Waals surface area contributed by atoms with Crippen molar-refractivity contribution in [2.75, 3.05) is 30.5 Å². The van der Waals surface area contributed by atoms with E-state index in [2.05, 4.69) is 0 Å². The number of esters is 1. The zero-order valence-corrected chi connectivity index (χ0v) is 15.8. The van der Waals surface area contributed by atoms with Crippen molar-refractivity contribution in [3.63, 3.8) is 0 Å². The zero-order chi connectivity index (χ0) is 20.4. The van der Waals surface area contributed by atoms with Crippen LogP contribution in [0.15, 0.2) is 53.9 Å². The number of ketones is 1. The summed E-state index contributed by atoms with van der Waals surface area (Å²) in [6.07, 6.45) is 0. The molecule has 1 aliphatic rings. The first-order valence-corrected chi connectivity index (χ1v) is 8.56. The van der Waals surface area contributed by atoms with E-state index in [9.17, 15) is 20.0 Å². The number of nitriles is 1. The summed E-state index contributed by atoms with van der Waals surface area (Å²) in [5.74, 6) is -0.957. The average molecular weight is 377 g/mol. The summed E-state index contributed by atoms with van der Waals surface area (Å²) in [5.41, 5.74) is 2.39. The molecule has 2 aromatic rings. The zero-order valence-electron chi connectivity index (χ0n) is 15.8. The van der Waals surface area contributed by atoms with E-state index in [1.54, 1.807) is 36.9 Å². The molecule has 0 unspecified atom stereocenters. The van der Waals surface area contributed by atoms with E-state index in [1.807, 2.05) is 30.3 Å². The number of aromatic hydroxyl groups is 1. The molecule has 1 aliphatic heterocycles. The second-order valence-corrected chi connectivity index (χ2v) is 6.42. The molecular weight excluding hydrogens is 358 g/mol. The first-order valence-electron chi connectivity index (χ1n) is 8.56. The summed E-state index contributed by atoms with van der Waals surface area (Å²) in [6.45, 7) is 1.13. The number of Topliss-reactive ketones (excluding diaryl/α,β-unsaturated/α-hetero) is 1. The standard InChI is InChI=1S/C21H19N3O4/c1-13-8-9-14(10-18(13)25)21(27)28-12-19(26)15(11-22)20-23(2)16-6-4-5-7-17(16)24(20)3/h4-10,25H,12H2,1-3H3. The third-order valence-electron chi connectivity index (χ3n) is 4.63. The fourth-order valence-electron chi connectivity index (χ4n) is 3.08. The number of phenols is 1. The van der Waals surface area contributed by atoms with Crippen molar-refractivity contribution in [3.8, 4) is 11.8 Å². The van der Waals surface area contributed by atoms with Crippen LogP contribution in [0.3, 0.4) is 0 Å². The number of benzene rings is 2. The Balaban J connectivity index is 1.79. The summed E-state index contributed by atoms with van der Waals surface area (Å²) in [7, 11) is 3.53. The lowest BCUT2D eigenvalue weighted by atomic mass is 10.1. The molecule has 3 rings (SSSR count). The highest BCUT2D eigenvalue weighted by atomic mass is 16.5. The molecule has 1 N–H and O–H groups in total. The van der Waals surface area contributed by atoms with Gasteiger partial charge in [-0.1, -0.05) is 18.2 Å². The van der Waals surface area contributed by atoms with E-state index in [0.717, 1.165) is 11.4 Å². The van der Waals surface area contributed by atoms with Crippen LogP contribution < -0.4 is 9.80 Å². The number of ether oxygens (including phenoxy) is 1. The van der Waals surface area contributed by atoms with Crippen molar-refractivity contribution in [3.05, 3.63) is 65.0 Å². The second kappa shape index (κ2) is 7.45. The maximum absolute atomic E-state index is 12.6. The molecule has 0 saturated carbocycles. The molecule has 1 heterocycles. The van der Waals surface area contributed by atoms with Crippen LogP contribution in [-0.2, 0) is 9.53 Å². The fourth-order valence-corrected chi connectivity index (χ4v) is 3.08. The number of para-hydroxylation sites is 2. The highest BCUT2D eigenvalue weighted by Crippen LogP contribution is 2.40. The van der Waals surface area contributed by atoms with Crippen molar-refractivity contribution >= 4 is 23.1 Å². The van der Waals surface area contributed by atoms with Gasteiger partial charge < -0.3 is 19.6 Å². The van der Waals surface area contributed by atoms with Crippen LogP contribution in [0.1, 0.15) is 15.9 Å². The number of anilines is 2. The maximum atomic E-state index is 12.6. The molecule has 0 radical (unpaired) electrons. The van der Waals surface area contributed by atoms with Gasteiger partial charge in [0.05, 0.1) is 16.9 Å². The third-order valence-corrected chi connectivity index (χ3v) is 4.63. The second-order valence-electron chi connectivity index (χ2n) is 6.42. The Hall–Kier alpha value is -3.79. The van der Waals surface area contributed by atoms with Gasteiger partial charge in [-0.15, -0.1) is 0 Å². The average Bonchev–Trinajstić information content (AvgIpc) is 2.94. The summed E-state index contributed by atoms with van der Waals surface area (Å²) in [4.78, 5) is 28.3. The minimum atomic E-state index is -0.748. The molecule has 0 spiro atoms. The molecule has 0 bridgehead atoms. The van der Waals surface area contributed by atoms with E-state index in [0.29, 0.717) is 11.4 Å². The van der Waals surface area contributed by atoms with Gasteiger partial charge in [0, 0.05) is 14.1 Å². The number of nitrogens with zero attached hydrogens (tertiary/aromatic N) is 3. The van der Waals surface area contributed by atoms with Crippen LogP contribution in [0, 0.1) is 18.3 Å². The number of fused-ring (bicyclic) bond motifs is 1. The van der Waals surface area contributed by atoms with Crippen molar-refractivity contribution in [2.45, 2.75) is 6.92 Å². The van der Waals surface area contributed by atoms with E-state index in [4.69, 9.17) is 4.74 Å². The van der Waals surface area contributed by atoms with Gasteiger partial charge in [-0.2, -0.15) is 5.26 Å². The normalized spacial score (nSPS) is 12.4. The number of rotatable bonds is 4. The summed E-state index contributed by atoms with van der Waals surface area (Å²) in [6, 6.07) is 13.8. The van der Waals surface area contributed by atoms with E-state index in [-0.39, 0.29) is 16.9 Å². The molecule has 28 heavy (non-hydrogen) atoms. The van der Waals surface area contributed by atoms with Crippen LogP contribution in [0.5, 0.6) is 5.75 Å². The molecule has 0 aliphatic carbocycles. The molecule has 0 amide bonds. The van der Waals surface area contributed by atoms with Gasteiger partial charge in [0.25, 0.3) is 0 Å². The minimum absolute atomic E-state index is 0.0346. The Morgan fingerprint density at radius 3 is 2.25 bits per heavy atom. The number of hydrogen-bond acceptors (Lipinski definition) is 7. The van der Waals surface area contributed by atoms with Crippen molar-refractivity contribution in [2.24, 2.45) is 0 Å². The monoisotopic (exact) mass is 377 g/mol. The number of phenolic OH excluding ortho intramolecular Hbond substituents is 1.